The number of nitrogens with zero attached hydrogens (tertiary/aromatic N) is 1. The van der Waals surface area contributed by atoms with Crippen LogP contribution in [0.1, 0.15) is 45.2 Å². The summed E-state index contributed by atoms with van der Waals surface area (Å²) in [6, 6.07) is 8.91. The van der Waals surface area contributed by atoms with Crippen LogP contribution in [0.15, 0.2) is 24.3 Å². The Bertz CT molecular complexity index is 337. The summed E-state index contributed by atoms with van der Waals surface area (Å²) >= 11 is 0. The average molecular weight is 249 g/mol. The molecular formula is C16H27NO. The summed E-state index contributed by atoms with van der Waals surface area (Å²) in [6.07, 6.45) is 0.855. The van der Waals surface area contributed by atoms with Gasteiger partial charge in [0.2, 0.25) is 0 Å². The molecule has 18 heavy (non-hydrogen) atoms. The summed E-state index contributed by atoms with van der Waals surface area (Å²) < 4.78 is 0. The van der Waals surface area contributed by atoms with Crippen molar-refractivity contribution in [3.8, 4) is 0 Å². The maximum Gasteiger partial charge on any atom is 0.0443 e. The maximum atomic E-state index is 8.88. The van der Waals surface area contributed by atoms with Gasteiger partial charge in [-0.3, -0.25) is 4.90 Å². The quantitative estimate of drug-likeness (QED) is 0.837. The van der Waals surface area contributed by atoms with Crippen molar-refractivity contribution >= 4 is 0 Å². The first-order valence-corrected chi connectivity index (χ1v) is 6.90. The third kappa shape index (κ3) is 4.79. The van der Waals surface area contributed by atoms with Gasteiger partial charge in [0.1, 0.15) is 0 Å². The molecule has 0 bridgehead atoms. The first-order chi connectivity index (χ1) is 8.47. The predicted octanol–water partition coefficient (Wildman–Crippen LogP) is 3.19. The highest BCUT2D eigenvalue weighted by atomic mass is 16.3. The number of aliphatic hydroxyl groups excluding tert-OH is 1. The third-order valence-corrected chi connectivity index (χ3v) is 3.31. The normalized spacial score (nSPS) is 12.1. The summed E-state index contributed by atoms with van der Waals surface area (Å²) in [6.45, 7) is 12.1. The van der Waals surface area contributed by atoms with E-state index in [0.717, 1.165) is 26.1 Å². The van der Waals surface area contributed by atoms with E-state index in [-0.39, 0.29) is 12.0 Å². The van der Waals surface area contributed by atoms with E-state index in [9.17, 15) is 0 Å². The van der Waals surface area contributed by atoms with Gasteiger partial charge in [-0.2, -0.15) is 0 Å². The molecule has 0 radical (unpaired) electrons. The van der Waals surface area contributed by atoms with Crippen LogP contribution in [0.2, 0.25) is 0 Å². The van der Waals surface area contributed by atoms with E-state index in [1.54, 1.807) is 0 Å². The number of benzene rings is 1. The Morgan fingerprint density at radius 1 is 1.11 bits per heavy atom. The van der Waals surface area contributed by atoms with Gasteiger partial charge in [0.05, 0.1) is 0 Å². The molecule has 1 N–H and O–H groups in total. The van der Waals surface area contributed by atoms with Gasteiger partial charge in [-0.1, -0.05) is 52.0 Å². The minimum absolute atomic E-state index is 0.222. The Hall–Kier alpha value is -0.860. The number of aliphatic hydroxyl groups is 1. The Kier molecular flexibility index (Phi) is 5.83. The molecule has 0 aromatic heterocycles. The molecule has 0 unspecified atom stereocenters. The molecule has 2 heteroatoms. The molecule has 0 saturated carbocycles. The molecule has 0 aliphatic heterocycles. The van der Waals surface area contributed by atoms with Crippen LogP contribution >= 0.6 is 0 Å². The summed E-state index contributed by atoms with van der Waals surface area (Å²) in [7, 11) is 0. The van der Waals surface area contributed by atoms with Crippen LogP contribution in [-0.4, -0.2) is 29.7 Å². The maximum absolute atomic E-state index is 8.88. The number of hydrogen-bond acceptors (Lipinski definition) is 2. The monoisotopic (exact) mass is 249 g/mol. The molecule has 102 valence electrons. The van der Waals surface area contributed by atoms with Crippen molar-refractivity contribution in [3.05, 3.63) is 35.4 Å². The lowest BCUT2D eigenvalue weighted by molar-refractivity contribution is 0.225. The van der Waals surface area contributed by atoms with Crippen molar-refractivity contribution < 1.29 is 5.11 Å². The highest BCUT2D eigenvalue weighted by Crippen LogP contribution is 2.22. The zero-order valence-corrected chi connectivity index (χ0v) is 12.2. The van der Waals surface area contributed by atoms with E-state index in [2.05, 4.69) is 56.9 Å². The Morgan fingerprint density at radius 2 is 1.72 bits per heavy atom. The molecule has 2 nitrogen and oxygen atoms in total. The van der Waals surface area contributed by atoms with Crippen LogP contribution in [0.3, 0.4) is 0 Å². The molecule has 0 aliphatic carbocycles. The lowest BCUT2D eigenvalue weighted by atomic mass is 9.87. The fraction of sp³-hybridized carbons (Fsp3) is 0.625. The van der Waals surface area contributed by atoms with Crippen LogP contribution in [0.25, 0.3) is 0 Å². The average Bonchev–Trinajstić information content (AvgIpc) is 2.34. The van der Waals surface area contributed by atoms with Gasteiger partial charge in [-0.25, -0.2) is 0 Å². The molecule has 1 aromatic carbocycles. The molecule has 0 fully saturated rings. The van der Waals surface area contributed by atoms with Crippen molar-refractivity contribution in [3.63, 3.8) is 0 Å². The molecule has 0 spiro atoms. The van der Waals surface area contributed by atoms with Crippen LogP contribution in [0, 0.1) is 0 Å². The SMILES string of the molecule is CCN(CCCO)Cc1ccc(C(C)(C)C)cc1. The van der Waals surface area contributed by atoms with E-state index < -0.39 is 0 Å². The minimum atomic E-state index is 0.222. The van der Waals surface area contributed by atoms with Gasteiger partial charge >= 0.3 is 0 Å². The van der Waals surface area contributed by atoms with E-state index in [1.165, 1.54) is 11.1 Å². The summed E-state index contributed by atoms with van der Waals surface area (Å²) in [5.74, 6) is 0. The van der Waals surface area contributed by atoms with Gasteiger partial charge in [-0.15, -0.1) is 0 Å². The van der Waals surface area contributed by atoms with Gasteiger partial charge in [0, 0.05) is 19.7 Å². The molecule has 0 atom stereocenters. The number of hydrogen-bond donors (Lipinski definition) is 1. The van der Waals surface area contributed by atoms with Crippen LogP contribution in [0.4, 0.5) is 0 Å². The van der Waals surface area contributed by atoms with E-state index >= 15 is 0 Å². The molecule has 0 saturated heterocycles. The zero-order chi connectivity index (χ0) is 13.6. The molecule has 1 rings (SSSR count). The first-order valence-electron chi connectivity index (χ1n) is 6.90. The highest BCUT2D eigenvalue weighted by molar-refractivity contribution is 5.27. The molecular weight excluding hydrogens is 222 g/mol. The fourth-order valence-electron chi connectivity index (χ4n) is 2.01. The second-order valence-electron chi connectivity index (χ2n) is 5.89. The second-order valence-corrected chi connectivity index (χ2v) is 5.89. The standard InChI is InChI=1S/C16H27NO/c1-5-17(11-6-12-18)13-14-7-9-15(10-8-14)16(2,3)4/h7-10,18H,5-6,11-13H2,1-4H3. The molecule has 0 aliphatic rings. The summed E-state index contributed by atoms with van der Waals surface area (Å²) in [5, 5.41) is 8.88. The van der Waals surface area contributed by atoms with E-state index in [0.29, 0.717) is 0 Å². The van der Waals surface area contributed by atoms with Crippen molar-refractivity contribution in [2.75, 3.05) is 19.7 Å². The number of rotatable bonds is 6. The Morgan fingerprint density at radius 3 is 2.17 bits per heavy atom. The van der Waals surface area contributed by atoms with Crippen molar-refractivity contribution in [1.82, 2.24) is 4.90 Å². The second kappa shape index (κ2) is 6.91. The van der Waals surface area contributed by atoms with Gasteiger partial charge < -0.3 is 5.11 Å². The fourth-order valence-corrected chi connectivity index (χ4v) is 2.01. The zero-order valence-electron chi connectivity index (χ0n) is 12.2. The molecule has 0 amide bonds. The predicted molar refractivity (Wildman–Crippen MR) is 77.8 cm³/mol. The summed E-state index contributed by atoms with van der Waals surface area (Å²) in [4.78, 5) is 2.36. The smallest absolute Gasteiger partial charge is 0.0443 e. The van der Waals surface area contributed by atoms with Crippen molar-refractivity contribution in [2.24, 2.45) is 0 Å². The lowest BCUT2D eigenvalue weighted by Crippen LogP contribution is -2.24. The Balaban J connectivity index is 2.62. The van der Waals surface area contributed by atoms with E-state index in [4.69, 9.17) is 5.11 Å². The topological polar surface area (TPSA) is 23.5 Å². The first kappa shape index (κ1) is 15.2. The van der Waals surface area contributed by atoms with E-state index in [1.807, 2.05) is 0 Å². The van der Waals surface area contributed by atoms with Crippen LogP contribution in [0.5, 0.6) is 0 Å². The minimum Gasteiger partial charge on any atom is -0.396 e. The largest absolute Gasteiger partial charge is 0.396 e. The molecule has 0 heterocycles. The van der Waals surface area contributed by atoms with Crippen LogP contribution < -0.4 is 0 Å². The van der Waals surface area contributed by atoms with Crippen molar-refractivity contribution in [1.29, 1.82) is 0 Å². The summed E-state index contributed by atoms with van der Waals surface area (Å²) in [5.41, 5.74) is 2.95. The van der Waals surface area contributed by atoms with Gasteiger partial charge in [-0.05, 0) is 29.5 Å². The molecule has 1 aromatic rings. The van der Waals surface area contributed by atoms with Gasteiger partial charge in [0.25, 0.3) is 0 Å². The Labute approximate surface area is 112 Å². The van der Waals surface area contributed by atoms with Crippen molar-refractivity contribution in [2.45, 2.75) is 46.1 Å². The lowest BCUT2D eigenvalue weighted by Gasteiger charge is -2.22. The third-order valence-electron chi connectivity index (χ3n) is 3.31. The highest BCUT2D eigenvalue weighted by Gasteiger charge is 2.13. The van der Waals surface area contributed by atoms with Crippen LogP contribution in [-0.2, 0) is 12.0 Å². The van der Waals surface area contributed by atoms with Gasteiger partial charge in [0.15, 0.2) is 0 Å².